The summed E-state index contributed by atoms with van der Waals surface area (Å²) in [7, 11) is 0. The van der Waals surface area contributed by atoms with Gasteiger partial charge in [-0.3, -0.25) is 10.1 Å². The standard InChI is InChI=1S/C13H8ClNO4S/c14-9-5-1-2-6-10(9)20-11-7-3-4-8(13(16)17)12(11)15(18)19/h1-7H,(H,16,17). The molecule has 0 spiro atoms. The van der Waals surface area contributed by atoms with Crippen molar-refractivity contribution in [1.82, 2.24) is 0 Å². The lowest BCUT2D eigenvalue weighted by Crippen LogP contribution is -2.03. The summed E-state index contributed by atoms with van der Waals surface area (Å²) in [5.74, 6) is -1.33. The third-order valence-electron chi connectivity index (χ3n) is 2.47. The first-order chi connectivity index (χ1) is 9.50. The number of nitro groups is 1. The van der Waals surface area contributed by atoms with Crippen molar-refractivity contribution in [2.24, 2.45) is 0 Å². The maximum atomic E-state index is 11.1. The fourth-order valence-corrected chi connectivity index (χ4v) is 2.84. The quantitative estimate of drug-likeness (QED) is 0.679. The van der Waals surface area contributed by atoms with Gasteiger partial charge in [-0.05, 0) is 24.3 Å². The van der Waals surface area contributed by atoms with Crippen molar-refractivity contribution in [1.29, 1.82) is 0 Å². The molecule has 1 N–H and O–H groups in total. The lowest BCUT2D eigenvalue weighted by Gasteiger charge is -2.06. The number of halogens is 1. The van der Waals surface area contributed by atoms with Gasteiger partial charge in [0, 0.05) is 4.90 Å². The molecule has 0 aliphatic heterocycles. The van der Waals surface area contributed by atoms with Crippen molar-refractivity contribution in [3.63, 3.8) is 0 Å². The number of hydrogen-bond donors (Lipinski definition) is 1. The van der Waals surface area contributed by atoms with E-state index in [1.807, 2.05) is 0 Å². The Hall–Kier alpha value is -2.05. The minimum absolute atomic E-state index is 0.239. The minimum Gasteiger partial charge on any atom is -0.477 e. The third kappa shape index (κ3) is 2.92. The summed E-state index contributed by atoms with van der Waals surface area (Å²) in [5.41, 5.74) is -0.767. The first-order valence-electron chi connectivity index (χ1n) is 5.44. The molecule has 0 saturated heterocycles. The Morgan fingerprint density at radius 2 is 1.80 bits per heavy atom. The van der Waals surface area contributed by atoms with Crippen molar-refractivity contribution < 1.29 is 14.8 Å². The summed E-state index contributed by atoms with van der Waals surface area (Å²) < 4.78 is 0. The molecule has 0 aliphatic carbocycles. The van der Waals surface area contributed by atoms with Gasteiger partial charge in [-0.2, -0.15) is 0 Å². The molecule has 0 atom stereocenters. The van der Waals surface area contributed by atoms with E-state index in [1.54, 1.807) is 24.3 Å². The SMILES string of the molecule is O=C(O)c1cccc(Sc2ccccc2Cl)c1[N+](=O)[O-]. The molecule has 5 nitrogen and oxygen atoms in total. The number of hydrogen-bond acceptors (Lipinski definition) is 4. The van der Waals surface area contributed by atoms with Crippen molar-refractivity contribution in [3.8, 4) is 0 Å². The van der Waals surface area contributed by atoms with Gasteiger partial charge >= 0.3 is 5.97 Å². The number of para-hydroxylation sites is 1. The summed E-state index contributed by atoms with van der Waals surface area (Å²) in [4.78, 5) is 22.3. The van der Waals surface area contributed by atoms with Crippen LogP contribution in [-0.4, -0.2) is 16.0 Å². The summed E-state index contributed by atoms with van der Waals surface area (Å²) in [6.45, 7) is 0. The molecule has 0 heterocycles. The lowest BCUT2D eigenvalue weighted by atomic mass is 10.2. The number of nitrogens with zero attached hydrogens (tertiary/aromatic N) is 1. The molecule has 2 rings (SSSR count). The van der Waals surface area contributed by atoms with Gasteiger partial charge in [0.1, 0.15) is 5.56 Å². The zero-order valence-electron chi connectivity index (χ0n) is 9.95. The molecule has 0 fully saturated rings. The molecule has 0 bridgehead atoms. The van der Waals surface area contributed by atoms with Crippen LogP contribution in [-0.2, 0) is 0 Å². The van der Waals surface area contributed by atoms with Gasteiger partial charge in [0.25, 0.3) is 5.69 Å². The summed E-state index contributed by atoms with van der Waals surface area (Å²) in [6.07, 6.45) is 0. The van der Waals surface area contributed by atoms with Gasteiger partial charge < -0.3 is 5.11 Å². The highest BCUT2D eigenvalue weighted by atomic mass is 35.5. The molecule has 0 aromatic heterocycles. The Morgan fingerprint density at radius 1 is 1.15 bits per heavy atom. The fraction of sp³-hybridized carbons (Fsp3) is 0. The van der Waals surface area contributed by atoms with E-state index in [0.29, 0.717) is 9.92 Å². The zero-order valence-corrected chi connectivity index (χ0v) is 11.5. The summed E-state index contributed by atoms with van der Waals surface area (Å²) >= 11 is 7.07. The van der Waals surface area contributed by atoms with E-state index in [1.165, 1.54) is 18.2 Å². The van der Waals surface area contributed by atoms with Crippen LogP contribution >= 0.6 is 23.4 Å². The second kappa shape index (κ2) is 5.94. The van der Waals surface area contributed by atoms with Crippen LogP contribution < -0.4 is 0 Å². The average molecular weight is 310 g/mol. The smallest absolute Gasteiger partial charge is 0.342 e. The molecule has 0 saturated carbocycles. The molecule has 0 amide bonds. The van der Waals surface area contributed by atoms with Crippen LogP contribution in [0, 0.1) is 10.1 Å². The van der Waals surface area contributed by atoms with Crippen molar-refractivity contribution in [2.75, 3.05) is 0 Å². The predicted octanol–water partition coefficient (Wildman–Crippen LogP) is 4.10. The third-order valence-corrected chi connectivity index (χ3v) is 4.04. The van der Waals surface area contributed by atoms with E-state index in [2.05, 4.69) is 0 Å². The van der Waals surface area contributed by atoms with Crippen LogP contribution in [0.1, 0.15) is 10.4 Å². The molecule has 102 valence electrons. The largest absolute Gasteiger partial charge is 0.477 e. The number of carbonyl (C=O) groups is 1. The van der Waals surface area contributed by atoms with Crippen LogP contribution in [0.4, 0.5) is 5.69 Å². The van der Waals surface area contributed by atoms with Gasteiger partial charge in [-0.25, -0.2) is 4.79 Å². The first-order valence-corrected chi connectivity index (χ1v) is 6.63. The maximum absolute atomic E-state index is 11.1. The number of carboxylic acids is 1. The molecular formula is C13H8ClNO4S. The van der Waals surface area contributed by atoms with Gasteiger partial charge in [0.2, 0.25) is 0 Å². The average Bonchev–Trinajstić information content (AvgIpc) is 2.40. The highest BCUT2D eigenvalue weighted by Crippen LogP contribution is 2.39. The fourth-order valence-electron chi connectivity index (χ4n) is 1.61. The number of nitro benzene ring substituents is 1. The van der Waals surface area contributed by atoms with E-state index in [-0.39, 0.29) is 10.5 Å². The number of aromatic carboxylic acids is 1. The van der Waals surface area contributed by atoms with Gasteiger partial charge in [-0.15, -0.1) is 0 Å². The van der Waals surface area contributed by atoms with Crippen molar-refractivity contribution >= 4 is 35.0 Å². The molecule has 0 radical (unpaired) electrons. The van der Waals surface area contributed by atoms with Gasteiger partial charge in [-0.1, -0.05) is 41.6 Å². The van der Waals surface area contributed by atoms with Crippen molar-refractivity contribution in [3.05, 3.63) is 63.2 Å². The van der Waals surface area contributed by atoms with E-state index in [9.17, 15) is 14.9 Å². The second-order valence-electron chi connectivity index (χ2n) is 3.75. The molecule has 20 heavy (non-hydrogen) atoms. The zero-order chi connectivity index (χ0) is 14.7. The summed E-state index contributed by atoms with van der Waals surface area (Å²) in [6, 6.07) is 11.0. The maximum Gasteiger partial charge on any atom is 0.342 e. The van der Waals surface area contributed by atoms with Crippen LogP contribution in [0.2, 0.25) is 5.02 Å². The minimum atomic E-state index is -1.33. The monoisotopic (exact) mass is 309 g/mol. The van der Waals surface area contributed by atoms with Crippen LogP contribution in [0.5, 0.6) is 0 Å². The number of benzene rings is 2. The number of rotatable bonds is 4. The Balaban J connectivity index is 2.52. The molecule has 0 unspecified atom stereocenters. The van der Waals surface area contributed by atoms with Crippen molar-refractivity contribution in [2.45, 2.75) is 9.79 Å². The highest BCUT2D eigenvalue weighted by Gasteiger charge is 2.24. The second-order valence-corrected chi connectivity index (χ2v) is 5.24. The molecule has 2 aromatic rings. The Labute approximate surface area is 123 Å². The predicted molar refractivity (Wildman–Crippen MR) is 75.6 cm³/mol. The van der Waals surface area contributed by atoms with E-state index in [4.69, 9.17) is 16.7 Å². The number of carboxylic acid groups (broad SMARTS) is 1. The molecular weight excluding hydrogens is 302 g/mol. The van der Waals surface area contributed by atoms with Crippen LogP contribution in [0.3, 0.4) is 0 Å². The Kier molecular flexibility index (Phi) is 4.26. The first kappa shape index (κ1) is 14.4. The topological polar surface area (TPSA) is 80.4 Å². The van der Waals surface area contributed by atoms with Crippen LogP contribution in [0.25, 0.3) is 0 Å². The highest BCUT2D eigenvalue weighted by molar-refractivity contribution is 7.99. The molecule has 0 aliphatic rings. The normalized spacial score (nSPS) is 10.2. The molecule has 2 aromatic carbocycles. The van der Waals surface area contributed by atoms with Gasteiger partial charge in [0.15, 0.2) is 0 Å². The van der Waals surface area contributed by atoms with E-state index >= 15 is 0 Å². The Bertz CT molecular complexity index is 690. The van der Waals surface area contributed by atoms with E-state index < -0.39 is 16.6 Å². The van der Waals surface area contributed by atoms with Gasteiger partial charge in [0.05, 0.1) is 14.8 Å². The van der Waals surface area contributed by atoms with Crippen LogP contribution in [0.15, 0.2) is 52.3 Å². The summed E-state index contributed by atoms with van der Waals surface area (Å²) in [5, 5.41) is 20.6. The molecule has 7 heteroatoms. The van der Waals surface area contributed by atoms with E-state index in [0.717, 1.165) is 11.8 Å². The lowest BCUT2D eigenvalue weighted by molar-refractivity contribution is -0.388. The Morgan fingerprint density at radius 3 is 2.40 bits per heavy atom.